The van der Waals surface area contributed by atoms with Gasteiger partial charge in [-0.15, -0.1) is 0 Å². The molecule has 0 atom stereocenters. The van der Waals surface area contributed by atoms with Crippen LogP contribution >= 0.6 is 0 Å². The van der Waals surface area contributed by atoms with Crippen LogP contribution in [0.3, 0.4) is 0 Å². The number of hydrogen-bond donors (Lipinski definition) is 1. The van der Waals surface area contributed by atoms with Crippen molar-refractivity contribution < 1.29 is 28.6 Å². The van der Waals surface area contributed by atoms with Crippen LogP contribution in [0, 0.1) is 0 Å². The van der Waals surface area contributed by atoms with Crippen molar-refractivity contribution in [2.45, 2.75) is 13.3 Å². The normalized spacial score (nSPS) is 10.0. The fraction of sp³-hybridized carbons (Fsp3) is 0.250. The number of hydrogen-bond acceptors (Lipinski definition) is 6. The summed E-state index contributed by atoms with van der Waals surface area (Å²) < 4.78 is 15.0. The Kier molecular flexibility index (Phi) is 7.37. The van der Waals surface area contributed by atoms with E-state index in [4.69, 9.17) is 14.2 Å². The molecule has 0 bridgehead atoms. The van der Waals surface area contributed by atoms with Crippen molar-refractivity contribution in [1.29, 1.82) is 0 Å². The molecule has 0 heterocycles. The molecule has 0 aliphatic rings. The number of carbonyl (C=O) groups is 3. The Morgan fingerprint density at radius 1 is 1.00 bits per heavy atom. The van der Waals surface area contributed by atoms with Gasteiger partial charge in [-0.2, -0.15) is 0 Å². The maximum Gasteiger partial charge on any atom is 0.338 e. The largest absolute Gasteiger partial charge is 0.497 e. The van der Waals surface area contributed by atoms with Gasteiger partial charge in [0.1, 0.15) is 5.75 Å². The van der Waals surface area contributed by atoms with Gasteiger partial charge in [0.2, 0.25) is 0 Å². The van der Waals surface area contributed by atoms with Crippen molar-refractivity contribution in [3.63, 3.8) is 0 Å². The van der Waals surface area contributed by atoms with E-state index in [1.165, 1.54) is 0 Å². The molecule has 142 valence electrons. The molecule has 0 aromatic heterocycles. The lowest BCUT2D eigenvalue weighted by molar-refractivity contribution is -0.146. The summed E-state index contributed by atoms with van der Waals surface area (Å²) in [7, 11) is 1.54. The molecule has 2 aromatic carbocycles. The summed E-state index contributed by atoms with van der Waals surface area (Å²) >= 11 is 0. The van der Waals surface area contributed by atoms with Gasteiger partial charge < -0.3 is 19.5 Å². The highest BCUT2D eigenvalue weighted by molar-refractivity contribution is 5.94. The predicted molar refractivity (Wildman–Crippen MR) is 98.7 cm³/mol. The fourth-order valence-corrected chi connectivity index (χ4v) is 2.25. The van der Waals surface area contributed by atoms with Gasteiger partial charge in [0.05, 0.1) is 25.7 Å². The predicted octanol–water partition coefficient (Wildman–Crippen LogP) is 2.60. The second-order valence-electron chi connectivity index (χ2n) is 5.53. The third-order valence-electron chi connectivity index (χ3n) is 3.53. The van der Waals surface area contributed by atoms with E-state index in [2.05, 4.69) is 5.32 Å². The van der Waals surface area contributed by atoms with E-state index in [9.17, 15) is 14.4 Å². The molecule has 0 aliphatic carbocycles. The van der Waals surface area contributed by atoms with Crippen LogP contribution < -0.4 is 10.1 Å². The van der Waals surface area contributed by atoms with Crippen molar-refractivity contribution in [2.75, 3.05) is 25.6 Å². The molecular weight excluding hydrogens is 350 g/mol. The van der Waals surface area contributed by atoms with Crippen LogP contribution in [-0.2, 0) is 25.5 Å². The standard InChI is InChI=1S/C20H21NO6/c1-3-26-20(24)15-7-9-16(10-8-15)21-18(22)13-27-19(23)12-14-5-4-6-17(11-14)25-2/h4-11H,3,12-13H2,1-2H3,(H,21,22). The van der Waals surface area contributed by atoms with Gasteiger partial charge >= 0.3 is 11.9 Å². The van der Waals surface area contributed by atoms with Gasteiger partial charge in [0.25, 0.3) is 5.91 Å². The third-order valence-corrected chi connectivity index (χ3v) is 3.53. The summed E-state index contributed by atoms with van der Waals surface area (Å²) in [5.41, 5.74) is 1.60. The number of amides is 1. The van der Waals surface area contributed by atoms with E-state index in [0.717, 1.165) is 5.56 Å². The van der Waals surface area contributed by atoms with Crippen molar-refractivity contribution in [1.82, 2.24) is 0 Å². The van der Waals surface area contributed by atoms with Crippen LogP contribution in [-0.4, -0.2) is 38.2 Å². The molecule has 2 rings (SSSR count). The highest BCUT2D eigenvalue weighted by atomic mass is 16.5. The molecule has 27 heavy (non-hydrogen) atoms. The summed E-state index contributed by atoms with van der Waals surface area (Å²) in [6.45, 7) is 1.61. The molecule has 0 saturated carbocycles. The molecule has 7 nitrogen and oxygen atoms in total. The molecule has 1 amide bonds. The lowest BCUT2D eigenvalue weighted by atomic mass is 10.1. The first kappa shape index (κ1) is 20.0. The van der Waals surface area contributed by atoms with Crippen molar-refractivity contribution >= 4 is 23.5 Å². The van der Waals surface area contributed by atoms with Gasteiger partial charge in [-0.3, -0.25) is 9.59 Å². The quantitative estimate of drug-likeness (QED) is 0.717. The highest BCUT2D eigenvalue weighted by Crippen LogP contribution is 2.13. The first-order valence-electron chi connectivity index (χ1n) is 8.37. The lowest BCUT2D eigenvalue weighted by Crippen LogP contribution is -2.21. The number of nitrogens with one attached hydrogen (secondary N) is 1. The van der Waals surface area contributed by atoms with Crippen molar-refractivity contribution in [3.8, 4) is 5.75 Å². The van der Waals surface area contributed by atoms with Gasteiger partial charge in [0, 0.05) is 5.69 Å². The molecule has 0 unspecified atom stereocenters. The van der Waals surface area contributed by atoms with Crippen molar-refractivity contribution in [3.05, 3.63) is 59.7 Å². The average Bonchev–Trinajstić information content (AvgIpc) is 2.67. The first-order chi connectivity index (χ1) is 13.0. The Balaban J connectivity index is 1.79. The molecule has 0 saturated heterocycles. The topological polar surface area (TPSA) is 90.9 Å². The number of anilines is 1. The smallest absolute Gasteiger partial charge is 0.338 e. The number of ether oxygens (including phenoxy) is 3. The monoisotopic (exact) mass is 371 g/mol. The number of esters is 2. The second kappa shape index (κ2) is 9.96. The molecule has 0 fully saturated rings. The van der Waals surface area contributed by atoms with Gasteiger partial charge in [-0.05, 0) is 48.9 Å². The molecule has 7 heteroatoms. The van der Waals surface area contributed by atoms with Crippen LogP contribution in [0.25, 0.3) is 0 Å². The van der Waals surface area contributed by atoms with Gasteiger partial charge in [-0.25, -0.2) is 4.79 Å². The minimum Gasteiger partial charge on any atom is -0.497 e. The Labute approximate surface area is 157 Å². The molecule has 0 spiro atoms. The van der Waals surface area contributed by atoms with E-state index >= 15 is 0 Å². The van der Waals surface area contributed by atoms with Crippen LogP contribution in [0.4, 0.5) is 5.69 Å². The van der Waals surface area contributed by atoms with Gasteiger partial charge in [-0.1, -0.05) is 12.1 Å². The van der Waals surface area contributed by atoms with Crippen LogP contribution in [0.5, 0.6) is 5.75 Å². The molecule has 0 aliphatic heterocycles. The molecule has 2 aromatic rings. The summed E-state index contributed by atoms with van der Waals surface area (Å²) in [6, 6.07) is 13.3. The summed E-state index contributed by atoms with van der Waals surface area (Å²) in [4.78, 5) is 35.3. The van der Waals surface area contributed by atoms with Crippen molar-refractivity contribution in [2.24, 2.45) is 0 Å². The van der Waals surface area contributed by atoms with E-state index < -0.39 is 24.5 Å². The summed E-state index contributed by atoms with van der Waals surface area (Å²) in [5.74, 6) is -0.778. The fourth-order valence-electron chi connectivity index (χ4n) is 2.25. The van der Waals surface area contributed by atoms with E-state index in [0.29, 0.717) is 23.6 Å². The minimum atomic E-state index is -0.518. The van der Waals surface area contributed by atoms with Crippen LogP contribution in [0.15, 0.2) is 48.5 Å². The SMILES string of the molecule is CCOC(=O)c1ccc(NC(=O)COC(=O)Cc2cccc(OC)c2)cc1. The first-order valence-corrected chi connectivity index (χ1v) is 8.37. The maximum atomic E-state index is 11.9. The number of rotatable bonds is 8. The molecular formula is C20H21NO6. The van der Waals surface area contributed by atoms with E-state index in [-0.39, 0.29) is 6.42 Å². The average molecular weight is 371 g/mol. The van der Waals surface area contributed by atoms with Crippen LogP contribution in [0.1, 0.15) is 22.8 Å². The van der Waals surface area contributed by atoms with Gasteiger partial charge in [0.15, 0.2) is 6.61 Å². The Bertz CT molecular complexity index is 800. The third kappa shape index (κ3) is 6.47. The molecule has 0 radical (unpaired) electrons. The zero-order valence-corrected chi connectivity index (χ0v) is 15.2. The molecule has 1 N–H and O–H groups in total. The second-order valence-corrected chi connectivity index (χ2v) is 5.53. The number of carbonyl (C=O) groups excluding carboxylic acids is 3. The summed E-state index contributed by atoms with van der Waals surface area (Å²) in [6.07, 6.45) is 0.0404. The lowest BCUT2D eigenvalue weighted by Gasteiger charge is -2.08. The highest BCUT2D eigenvalue weighted by Gasteiger charge is 2.10. The zero-order chi connectivity index (χ0) is 19.6. The van der Waals surface area contributed by atoms with Crippen LogP contribution in [0.2, 0.25) is 0 Å². The maximum absolute atomic E-state index is 11.9. The minimum absolute atomic E-state index is 0.0404. The number of benzene rings is 2. The Hall–Kier alpha value is -3.35. The number of methoxy groups -OCH3 is 1. The Morgan fingerprint density at radius 3 is 2.41 bits per heavy atom. The van der Waals surface area contributed by atoms with E-state index in [1.54, 1.807) is 62.6 Å². The zero-order valence-electron chi connectivity index (χ0n) is 15.2. The van der Waals surface area contributed by atoms with E-state index in [1.807, 2.05) is 0 Å². The Morgan fingerprint density at radius 2 is 1.74 bits per heavy atom. The summed E-state index contributed by atoms with van der Waals surface area (Å²) in [5, 5.41) is 2.59.